The summed E-state index contributed by atoms with van der Waals surface area (Å²) in [5.74, 6) is 1.94. The molecular formula is C45H28N4S. The van der Waals surface area contributed by atoms with Crippen molar-refractivity contribution in [2.75, 3.05) is 0 Å². The lowest BCUT2D eigenvalue weighted by atomic mass is 10.0. The van der Waals surface area contributed by atoms with Crippen molar-refractivity contribution in [1.29, 1.82) is 0 Å². The molecule has 0 atom stereocenters. The van der Waals surface area contributed by atoms with Crippen molar-refractivity contribution in [2.45, 2.75) is 0 Å². The molecule has 0 saturated heterocycles. The normalized spacial score (nSPS) is 11.6. The van der Waals surface area contributed by atoms with Crippen molar-refractivity contribution in [3.05, 3.63) is 170 Å². The molecule has 3 heterocycles. The fraction of sp³-hybridized carbons (Fsp3) is 0. The number of benzene rings is 7. The van der Waals surface area contributed by atoms with Gasteiger partial charge < -0.3 is 4.57 Å². The van der Waals surface area contributed by atoms with Gasteiger partial charge in [0, 0.05) is 53.3 Å². The Bertz CT molecular complexity index is 2870. The molecule has 0 aliphatic rings. The summed E-state index contributed by atoms with van der Waals surface area (Å²) in [5, 5.41) is 4.91. The van der Waals surface area contributed by atoms with E-state index in [2.05, 4.69) is 156 Å². The number of nitrogens with zero attached hydrogens (tertiary/aromatic N) is 4. The third-order valence-electron chi connectivity index (χ3n) is 9.45. The zero-order chi connectivity index (χ0) is 33.0. The number of fused-ring (bicyclic) bond motifs is 6. The Hall–Kier alpha value is -6.43. The van der Waals surface area contributed by atoms with Gasteiger partial charge in [0.05, 0.1) is 11.0 Å². The molecule has 0 spiro atoms. The van der Waals surface area contributed by atoms with Crippen molar-refractivity contribution in [3.8, 4) is 51.0 Å². The summed E-state index contributed by atoms with van der Waals surface area (Å²) in [6, 6.07) is 59.8. The topological polar surface area (TPSA) is 43.6 Å². The number of hydrogen-bond donors (Lipinski definition) is 0. The number of para-hydroxylation sites is 1. The first kappa shape index (κ1) is 28.6. The molecule has 0 aliphatic carbocycles. The van der Waals surface area contributed by atoms with Crippen molar-refractivity contribution in [3.63, 3.8) is 0 Å². The molecule has 0 amide bonds. The zero-order valence-corrected chi connectivity index (χ0v) is 27.7. The third kappa shape index (κ3) is 4.79. The maximum atomic E-state index is 5.14. The Balaban J connectivity index is 1.16. The van der Waals surface area contributed by atoms with Gasteiger partial charge in [-0.3, -0.25) is 0 Å². The van der Waals surface area contributed by atoms with Crippen LogP contribution in [-0.4, -0.2) is 19.5 Å². The van der Waals surface area contributed by atoms with Crippen LogP contribution in [0.2, 0.25) is 0 Å². The summed E-state index contributed by atoms with van der Waals surface area (Å²) in [4.78, 5) is 15.3. The zero-order valence-electron chi connectivity index (χ0n) is 26.9. The van der Waals surface area contributed by atoms with Crippen LogP contribution in [0.4, 0.5) is 0 Å². The highest BCUT2D eigenvalue weighted by Gasteiger charge is 2.17. The highest BCUT2D eigenvalue weighted by Crippen LogP contribution is 2.38. The highest BCUT2D eigenvalue weighted by atomic mass is 32.1. The maximum absolute atomic E-state index is 5.14. The van der Waals surface area contributed by atoms with E-state index in [0.29, 0.717) is 17.5 Å². The lowest BCUT2D eigenvalue weighted by Crippen LogP contribution is -2.01. The van der Waals surface area contributed by atoms with Crippen LogP contribution in [0.5, 0.6) is 0 Å². The van der Waals surface area contributed by atoms with Crippen molar-refractivity contribution in [1.82, 2.24) is 19.5 Å². The van der Waals surface area contributed by atoms with Gasteiger partial charge in [-0.05, 0) is 59.7 Å². The SMILES string of the molecule is c1ccc(-c2ccc3c4ccccc4n(-c4cccc(-c5nc(-c6ccccc6)nc(-c6ccc7sc8ccccc8c7c6)n5)c4)c3c2)cc1. The first-order valence-corrected chi connectivity index (χ1v) is 17.5. The van der Waals surface area contributed by atoms with E-state index in [9.17, 15) is 0 Å². The summed E-state index contributed by atoms with van der Waals surface area (Å²) < 4.78 is 4.89. The summed E-state index contributed by atoms with van der Waals surface area (Å²) in [6.07, 6.45) is 0. The summed E-state index contributed by atoms with van der Waals surface area (Å²) in [6.45, 7) is 0. The molecule has 3 aromatic heterocycles. The van der Waals surface area contributed by atoms with Crippen molar-refractivity contribution < 1.29 is 0 Å². The Morgan fingerprint density at radius 1 is 0.340 bits per heavy atom. The van der Waals surface area contributed by atoms with Gasteiger partial charge in [-0.25, -0.2) is 15.0 Å². The number of hydrogen-bond acceptors (Lipinski definition) is 4. The minimum absolute atomic E-state index is 0.636. The Labute approximate surface area is 292 Å². The van der Waals surface area contributed by atoms with Crippen LogP contribution >= 0.6 is 11.3 Å². The lowest BCUT2D eigenvalue weighted by Gasteiger charge is -2.12. The molecule has 0 radical (unpaired) electrons. The van der Waals surface area contributed by atoms with Crippen molar-refractivity contribution in [2.24, 2.45) is 0 Å². The van der Waals surface area contributed by atoms with E-state index in [0.717, 1.165) is 33.4 Å². The molecule has 4 nitrogen and oxygen atoms in total. The van der Waals surface area contributed by atoms with Gasteiger partial charge in [-0.2, -0.15) is 0 Å². The van der Waals surface area contributed by atoms with Crippen LogP contribution in [-0.2, 0) is 0 Å². The number of thiophene rings is 1. The first-order chi connectivity index (χ1) is 24.8. The second-order valence-corrected chi connectivity index (χ2v) is 13.6. The van der Waals surface area contributed by atoms with Crippen LogP contribution in [0.25, 0.3) is 93.0 Å². The molecule has 0 bridgehead atoms. The predicted octanol–water partition coefficient (Wildman–Crippen LogP) is 12.0. The van der Waals surface area contributed by atoms with Gasteiger partial charge in [-0.15, -0.1) is 11.3 Å². The average Bonchev–Trinajstić information content (AvgIpc) is 3.73. The Morgan fingerprint density at radius 2 is 0.920 bits per heavy atom. The molecule has 10 rings (SSSR count). The van der Waals surface area contributed by atoms with Crippen LogP contribution in [0.1, 0.15) is 0 Å². The minimum Gasteiger partial charge on any atom is -0.309 e. The van der Waals surface area contributed by atoms with Crippen LogP contribution < -0.4 is 0 Å². The number of aromatic nitrogens is 4. The van der Waals surface area contributed by atoms with E-state index in [1.165, 1.54) is 42.1 Å². The van der Waals surface area contributed by atoms with Gasteiger partial charge in [-0.1, -0.05) is 121 Å². The average molecular weight is 657 g/mol. The van der Waals surface area contributed by atoms with Gasteiger partial charge in [0.2, 0.25) is 0 Å². The fourth-order valence-electron chi connectivity index (χ4n) is 7.06. The van der Waals surface area contributed by atoms with Crippen LogP contribution in [0, 0.1) is 0 Å². The van der Waals surface area contributed by atoms with E-state index < -0.39 is 0 Å². The first-order valence-electron chi connectivity index (χ1n) is 16.7. The van der Waals surface area contributed by atoms with E-state index in [1.54, 1.807) is 0 Å². The summed E-state index contributed by atoms with van der Waals surface area (Å²) >= 11 is 1.81. The maximum Gasteiger partial charge on any atom is 0.164 e. The summed E-state index contributed by atoms with van der Waals surface area (Å²) in [5.41, 5.74) is 8.58. The number of rotatable bonds is 5. The van der Waals surface area contributed by atoms with Gasteiger partial charge in [0.1, 0.15) is 0 Å². The second-order valence-electron chi connectivity index (χ2n) is 12.5. The fourth-order valence-corrected chi connectivity index (χ4v) is 8.15. The minimum atomic E-state index is 0.636. The quantitative estimate of drug-likeness (QED) is 0.185. The molecular weight excluding hydrogens is 629 g/mol. The Morgan fingerprint density at radius 3 is 1.72 bits per heavy atom. The molecule has 10 aromatic rings. The molecule has 0 unspecified atom stereocenters. The second kappa shape index (κ2) is 11.6. The molecule has 0 fully saturated rings. The van der Waals surface area contributed by atoms with Crippen LogP contribution in [0.15, 0.2) is 170 Å². The third-order valence-corrected chi connectivity index (χ3v) is 10.6. The largest absolute Gasteiger partial charge is 0.309 e. The Kier molecular flexibility index (Phi) is 6.64. The highest BCUT2D eigenvalue weighted by molar-refractivity contribution is 7.25. The van der Waals surface area contributed by atoms with Crippen LogP contribution in [0.3, 0.4) is 0 Å². The molecule has 234 valence electrons. The molecule has 50 heavy (non-hydrogen) atoms. The van der Waals surface area contributed by atoms with E-state index in [1.807, 2.05) is 29.5 Å². The molecule has 5 heteroatoms. The summed E-state index contributed by atoms with van der Waals surface area (Å²) in [7, 11) is 0. The smallest absolute Gasteiger partial charge is 0.164 e. The molecule has 0 aliphatic heterocycles. The van der Waals surface area contributed by atoms with E-state index in [4.69, 9.17) is 15.0 Å². The lowest BCUT2D eigenvalue weighted by molar-refractivity contribution is 1.07. The molecule has 0 saturated carbocycles. The van der Waals surface area contributed by atoms with Gasteiger partial charge in [0.15, 0.2) is 17.5 Å². The van der Waals surface area contributed by atoms with E-state index in [-0.39, 0.29) is 0 Å². The monoisotopic (exact) mass is 656 g/mol. The van der Waals surface area contributed by atoms with Crippen molar-refractivity contribution >= 4 is 53.3 Å². The predicted molar refractivity (Wildman–Crippen MR) is 209 cm³/mol. The standard InChI is InChI=1S/C45H28N4S/c1-3-12-29(13-4-1)31-22-24-36-35-18-7-9-20-39(35)49(40(36)28-31)34-17-11-16-32(26-34)44-46-43(30-14-5-2-6-15-30)47-45(48-44)33-23-25-42-38(27-33)37-19-8-10-21-41(37)50-42/h1-28H. The molecule has 7 aromatic carbocycles. The van der Waals surface area contributed by atoms with Gasteiger partial charge >= 0.3 is 0 Å². The molecule has 0 N–H and O–H groups in total. The van der Waals surface area contributed by atoms with E-state index >= 15 is 0 Å². The van der Waals surface area contributed by atoms with Gasteiger partial charge in [0.25, 0.3) is 0 Å².